The van der Waals surface area contributed by atoms with Crippen molar-refractivity contribution in [2.24, 2.45) is 24.8 Å². The van der Waals surface area contributed by atoms with Crippen molar-refractivity contribution < 1.29 is 18.3 Å². The third kappa shape index (κ3) is 6.36. The first kappa shape index (κ1) is 37.4. The quantitative estimate of drug-likeness (QED) is 0.102. The predicted octanol–water partition coefficient (Wildman–Crippen LogP) is 9.91. The maximum atomic E-state index is 15.6. The number of fused-ring (bicyclic) bond motifs is 4. The van der Waals surface area contributed by atoms with E-state index in [1.54, 1.807) is 0 Å². The Kier molecular flexibility index (Phi) is 9.58. The van der Waals surface area contributed by atoms with E-state index in [1.807, 2.05) is 114 Å². The number of ether oxygens (including phenoxy) is 1. The molecule has 3 aromatic carbocycles. The third-order valence-electron chi connectivity index (χ3n) is 12.5. The minimum Gasteiger partial charge on any atom is -0.466 e. The molecule has 0 amide bonds. The first-order valence-corrected chi connectivity index (χ1v) is 20.7. The molecule has 0 spiro atoms. The highest BCUT2D eigenvalue weighted by Gasteiger charge is 2.48. The minimum absolute atomic E-state index is 0.178. The van der Waals surface area contributed by atoms with Gasteiger partial charge in [0.1, 0.15) is 28.6 Å². The van der Waals surface area contributed by atoms with E-state index >= 15 is 4.39 Å². The summed E-state index contributed by atoms with van der Waals surface area (Å²) in [5.41, 5.74) is 3.95. The van der Waals surface area contributed by atoms with Crippen LogP contribution in [0.2, 0.25) is 0 Å². The van der Waals surface area contributed by atoms with Crippen molar-refractivity contribution in [1.29, 1.82) is 0 Å². The Labute approximate surface area is 347 Å². The predicted molar refractivity (Wildman–Crippen MR) is 228 cm³/mol. The average molecular weight is 798 g/mol. The lowest BCUT2D eigenvalue weighted by Crippen LogP contribution is -2.52. The standard InChI is InChI=1S/C49H44FN7O3/c1-3-59-48(58)43-31-21-23-32(24-22-31)44(43)53-42-29-38(40-25-26-41(60-40)39-20-13-27-56(39)2)52-46(54-42)45-37-28-36(50)30-51-47(37)57(55-45)49(33-14-7-4-8-15-33,34-16-9-5-10-17-34)35-18-11-6-12-19-35/h4-20,25-32,43-44H,3,21-24H2,1-2H3,(H,52,53,54)/t31?,32?,43-,44-/m0/s1. The van der Waals surface area contributed by atoms with Gasteiger partial charge in [-0.15, -0.1) is 0 Å². The number of aryl methyl sites for hydroxylation is 1. The highest BCUT2D eigenvalue weighted by molar-refractivity contribution is 5.90. The zero-order valence-corrected chi connectivity index (χ0v) is 33.4. The van der Waals surface area contributed by atoms with E-state index in [9.17, 15) is 4.79 Å². The van der Waals surface area contributed by atoms with Gasteiger partial charge in [-0.3, -0.25) is 4.79 Å². The molecule has 1 N–H and O–H groups in total. The molecule has 0 radical (unpaired) electrons. The Morgan fingerprint density at radius 3 is 2.07 bits per heavy atom. The molecule has 3 fully saturated rings. The van der Waals surface area contributed by atoms with Crippen LogP contribution in [0.25, 0.3) is 45.5 Å². The van der Waals surface area contributed by atoms with Crippen LogP contribution in [0.3, 0.4) is 0 Å². The lowest BCUT2D eigenvalue weighted by atomic mass is 9.61. The second kappa shape index (κ2) is 15.4. The van der Waals surface area contributed by atoms with Gasteiger partial charge in [0.25, 0.3) is 0 Å². The number of rotatable bonds is 11. The van der Waals surface area contributed by atoms with Crippen molar-refractivity contribution in [1.82, 2.24) is 29.3 Å². The van der Waals surface area contributed by atoms with Gasteiger partial charge in [-0.2, -0.15) is 5.10 Å². The van der Waals surface area contributed by atoms with E-state index in [0.717, 1.165) is 48.1 Å². The Morgan fingerprint density at radius 1 is 0.817 bits per heavy atom. The summed E-state index contributed by atoms with van der Waals surface area (Å²) in [6.45, 7) is 2.17. The fourth-order valence-electron chi connectivity index (χ4n) is 9.77. The molecule has 0 saturated heterocycles. The number of pyridine rings is 1. The van der Waals surface area contributed by atoms with Crippen molar-refractivity contribution in [2.75, 3.05) is 11.9 Å². The van der Waals surface area contributed by atoms with Gasteiger partial charge >= 0.3 is 5.97 Å². The molecule has 300 valence electrons. The number of nitrogens with one attached hydrogen (secondary N) is 1. The van der Waals surface area contributed by atoms with Crippen molar-refractivity contribution in [2.45, 2.75) is 44.2 Å². The molecule has 5 aromatic heterocycles. The summed E-state index contributed by atoms with van der Waals surface area (Å²) in [7, 11) is 1.97. The lowest BCUT2D eigenvalue weighted by Gasteiger charge is -2.47. The largest absolute Gasteiger partial charge is 0.466 e. The highest BCUT2D eigenvalue weighted by atomic mass is 19.1. The van der Waals surface area contributed by atoms with Gasteiger partial charge in [-0.1, -0.05) is 91.0 Å². The van der Waals surface area contributed by atoms with Crippen LogP contribution >= 0.6 is 0 Å². The fraction of sp³-hybridized carbons (Fsp3) is 0.245. The molecule has 0 unspecified atom stereocenters. The maximum absolute atomic E-state index is 15.6. The van der Waals surface area contributed by atoms with Gasteiger partial charge in [0.2, 0.25) is 0 Å². The van der Waals surface area contributed by atoms with Crippen LogP contribution in [0, 0.1) is 23.6 Å². The van der Waals surface area contributed by atoms with E-state index in [0.29, 0.717) is 46.4 Å². The molecule has 8 aromatic rings. The maximum Gasteiger partial charge on any atom is 0.311 e. The van der Waals surface area contributed by atoms with Crippen LogP contribution in [0.4, 0.5) is 10.2 Å². The van der Waals surface area contributed by atoms with E-state index in [4.69, 9.17) is 29.2 Å². The van der Waals surface area contributed by atoms with Crippen molar-refractivity contribution in [3.05, 3.63) is 162 Å². The molecule has 3 saturated carbocycles. The summed E-state index contributed by atoms with van der Waals surface area (Å²) in [6, 6.07) is 41.4. The van der Waals surface area contributed by atoms with Crippen LogP contribution in [-0.4, -0.2) is 47.9 Å². The molecule has 11 heteroatoms. The fourth-order valence-corrected chi connectivity index (χ4v) is 9.77. The molecule has 3 aliphatic rings. The van der Waals surface area contributed by atoms with Gasteiger partial charge in [0.15, 0.2) is 23.0 Å². The van der Waals surface area contributed by atoms with E-state index in [1.165, 1.54) is 12.3 Å². The zero-order chi connectivity index (χ0) is 40.8. The molecule has 2 bridgehead atoms. The number of benzene rings is 3. The SMILES string of the molecule is CCOC(=O)[C@H]1C2CCC(CC2)[C@@H]1Nc1cc(-c2ccc(-c3cccn3C)o2)nc(-c2nn(C(c3ccccc3)(c3ccccc3)c3ccccc3)c3ncc(F)cc23)n1. The van der Waals surface area contributed by atoms with Gasteiger partial charge in [0, 0.05) is 25.4 Å². The first-order valence-electron chi connectivity index (χ1n) is 20.7. The molecule has 11 rings (SSSR count). The Bertz CT molecular complexity index is 2700. The summed E-state index contributed by atoms with van der Waals surface area (Å²) >= 11 is 0. The number of nitrogens with zero attached hydrogens (tertiary/aromatic N) is 6. The van der Waals surface area contributed by atoms with Crippen LogP contribution in [0.5, 0.6) is 0 Å². The molecule has 0 aliphatic heterocycles. The lowest BCUT2D eigenvalue weighted by molar-refractivity contribution is -0.154. The molecule has 5 heterocycles. The summed E-state index contributed by atoms with van der Waals surface area (Å²) in [6.07, 6.45) is 7.21. The monoisotopic (exact) mass is 797 g/mol. The molecular formula is C49H44FN7O3. The van der Waals surface area contributed by atoms with Crippen LogP contribution in [0.15, 0.2) is 144 Å². The van der Waals surface area contributed by atoms with Crippen molar-refractivity contribution >= 4 is 22.8 Å². The molecule has 3 aliphatic carbocycles. The van der Waals surface area contributed by atoms with Crippen LogP contribution < -0.4 is 5.32 Å². The number of furan rings is 1. The normalized spacial score (nSPS) is 18.8. The molecule has 60 heavy (non-hydrogen) atoms. The smallest absolute Gasteiger partial charge is 0.311 e. The Morgan fingerprint density at radius 2 is 1.45 bits per heavy atom. The van der Waals surface area contributed by atoms with Crippen molar-refractivity contribution in [3.63, 3.8) is 0 Å². The Hall–Kier alpha value is -6.88. The number of halogens is 1. The average Bonchev–Trinajstić information content (AvgIpc) is 4.05. The zero-order valence-electron chi connectivity index (χ0n) is 33.4. The van der Waals surface area contributed by atoms with Gasteiger partial charge in [-0.05, 0) is 91.5 Å². The van der Waals surface area contributed by atoms with E-state index < -0.39 is 11.4 Å². The molecular weight excluding hydrogens is 754 g/mol. The third-order valence-corrected chi connectivity index (χ3v) is 12.5. The Balaban J connectivity index is 1.20. The summed E-state index contributed by atoms with van der Waals surface area (Å²) in [4.78, 5) is 28.6. The number of esters is 1. The number of anilines is 1. The summed E-state index contributed by atoms with van der Waals surface area (Å²) < 4.78 is 31.6. The minimum atomic E-state index is -1.05. The number of hydrogen-bond donors (Lipinski definition) is 1. The molecule has 10 nitrogen and oxygen atoms in total. The summed E-state index contributed by atoms with van der Waals surface area (Å²) in [5, 5.41) is 9.57. The van der Waals surface area contributed by atoms with Gasteiger partial charge in [-0.25, -0.2) is 24.0 Å². The number of hydrogen-bond acceptors (Lipinski definition) is 8. The first-order chi connectivity index (χ1) is 29.4. The second-order valence-corrected chi connectivity index (χ2v) is 15.8. The van der Waals surface area contributed by atoms with Gasteiger partial charge in [0.05, 0.1) is 29.8 Å². The molecule has 2 atom stereocenters. The number of carbonyl (C=O) groups excluding carboxylic acids is 1. The topological polar surface area (TPSA) is 113 Å². The van der Waals surface area contributed by atoms with Crippen LogP contribution in [0.1, 0.15) is 49.3 Å². The highest BCUT2D eigenvalue weighted by Crippen LogP contribution is 2.48. The van der Waals surface area contributed by atoms with Crippen molar-refractivity contribution in [3.8, 4) is 34.4 Å². The number of carbonyl (C=O) groups is 1. The van der Waals surface area contributed by atoms with Crippen LogP contribution in [-0.2, 0) is 22.1 Å². The van der Waals surface area contributed by atoms with Gasteiger partial charge < -0.3 is 19.0 Å². The van der Waals surface area contributed by atoms with E-state index in [2.05, 4.69) is 41.7 Å². The second-order valence-electron chi connectivity index (χ2n) is 15.8. The van der Waals surface area contributed by atoms with E-state index in [-0.39, 0.29) is 35.6 Å². The summed E-state index contributed by atoms with van der Waals surface area (Å²) in [5.74, 6) is 1.43. The number of aromatic nitrogens is 6.